The molecule has 0 fully saturated rings. The standard InChI is InChI=1S/C9H10O4.C6H13NO3/c1-9(8(12)13)4-2-3-6(5-9)7(10)11;1-2-3-4-6(8)5-7(9)10/h2-4H,5H2,1H3,(H,10,11)(H,12,13);6,8H,2-5H2,1H3. The molecule has 2 unspecified atom stereocenters. The normalized spacial score (nSPS) is 20.7. The first-order valence-electron chi connectivity index (χ1n) is 7.27. The zero-order valence-electron chi connectivity index (χ0n) is 13.3. The van der Waals surface area contributed by atoms with E-state index >= 15 is 0 Å². The molecule has 3 N–H and O–H groups in total. The number of carbonyl (C=O) groups is 2. The van der Waals surface area contributed by atoms with E-state index in [4.69, 9.17) is 15.3 Å². The molecular formula is C15H23NO7. The van der Waals surface area contributed by atoms with E-state index in [1.165, 1.54) is 25.2 Å². The minimum absolute atomic E-state index is 0.0359. The molecule has 2 atom stereocenters. The highest BCUT2D eigenvalue weighted by atomic mass is 16.6. The Labute approximate surface area is 134 Å². The van der Waals surface area contributed by atoms with Crippen molar-refractivity contribution in [3.63, 3.8) is 0 Å². The molecule has 0 aliphatic heterocycles. The molecule has 0 heterocycles. The molecule has 0 radical (unpaired) electrons. The number of unbranched alkanes of at least 4 members (excludes halogenated alkanes) is 1. The summed E-state index contributed by atoms with van der Waals surface area (Å²) in [6.07, 6.45) is 6.04. The molecule has 0 aromatic carbocycles. The van der Waals surface area contributed by atoms with E-state index in [2.05, 4.69) is 0 Å². The molecule has 0 amide bonds. The average molecular weight is 329 g/mol. The van der Waals surface area contributed by atoms with E-state index in [0.29, 0.717) is 6.42 Å². The number of aliphatic hydroxyl groups is 1. The topological polar surface area (TPSA) is 138 Å². The fourth-order valence-electron chi connectivity index (χ4n) is 1.89. The van der Waals surface area contributed by atoms with Gasteiger partial charge in [-0.3, -0.25) is 14.9 Å². The first kappa shape index (κ1) is 20.8. The summed E-state index contributed by atoms with van der Waals surface area (Å²) in [7, 11) is 0. The van der Waals surface area contributed by atoms with Crippen LogP contribution in [0.3, 0.4) is 0 Å². The van der Waals surface area contributed by atoms with Crippen molar-refractivity contribution >= 4 is 11.9 Å². The number of nitrogens with zero attached hydrogens (tertiary/aromatic N) is 1. The van der Waals surface area contributed by atoms with Gasteiger partial charge in [-0.05, 0) is 19.8 Å². The lowest BCUT2D eigenvalue weighted by atomic mass is 9.80. The Bertz CT molecular complexity index is 498. The summed E-state index contributed by atoms with van der Waals surface area (Å²) in [4.78, 5) is 30.7. The van der Waals surface area contributed by atoms with Gasteiger partial charge in [-0.1, -0.05) is 38.0 Å². The molecule has 0 aromatic heterocycles. The summed E-state index contributed by atoms with van der Waals surface area (Å²) >= 11 is 0. The van der Waals surface area contributed by atoms with Crippen LogP contribution < -0.4 is 0 Å². The second kappa shape index (κ2) is 9.73. The van der Waals surface area contributed by atoms with Gasteiger partial charge >= 0.3 is 11.9 Å². The van der Waals surface area contributed by atoms with Crippen LogP contribution in [0.2, 0.25) is 0 Å². The molecule has 1 aliphatic rings. The summed E-state index contributed by atoms with van der Waals surface area (Å²) in [5, 5.41) is 36.2. The predicted molar refractivity (Wildman–Crippen MR) is 82.6 cm³/mol. The van der Waals surface area contributed by atoms with Crippen molar-refractivity contribution < 1.29 is 29.8 Å². The van der Waals surface area contributed by atoms with Crippen LogP contribution in [0.25, 0.3) is 0 Å². The SMILES string of the molecule is CC1(C(=O)O)C=CC=C(C(=O)O)C1.CCCCC(O)C[N+](=O)[O-]. The van der Waals surface area contributed by atoms with Gasteiger partial charge in [-0.15, -0.1) is 0 Å². The van der Waals surface area contributed by atoms with Gasteiger partial charge in [-0.25, -0.2) is 4.79 Å². The van der Waals surface area contributed by atoms with Crippen LogP contribution >= 0.6 is 0 Å². The van der Waals surface area contributed by atoms with Gasteiger partial charge < -0.3 is 15.3 Å². The second-order valence-electron chi connectivity index (χ2n) is 5.57. The summed E-state index contributed by atoms with van der Waals surface area (Å²) < 4.78 is 0. The van der Waals surface area contributed by atoms with Crippen LogP contribution in [0.1, 0.15) is 39.5 Å². The first-order valence-corrected chi connectivity index (χ1v) is 7.27. The van der Waals surface area contributed by atoms with Crippen LogP contribution in [0, 0.1) is 15.5 Å². The molecule has 0 saturated heterocycles. The molecule has 1 rings (SSSR count). The number of hydrogen-bond donors (Lipinski definition) is 3. The van der Waals surface area contributed by atoms with E-state index in [-0.39, 0.29) is 18.5 Å². The molecule has 8 heteroatoms. The van der Waals surface area contributed by atoms with Crippen molar-refractivity contribution in [3.05, 3.63) is 33.9 Å². The van der Waals surface area contributed by atoms with Crippen molar-refractivity contribution in [1.29, 1.82) is 0 Å². The Morgan fingerprint density at radius 2 is 2.04 bits per heavy atom. The number of allylic oxidation sites excluding steroid dienone is 2. The van der Waals surface area contributed by atoms with Crippen molar-refractivity contribution in [2.24, 2.45) is 5.41 Å². The molecule has 0 spiro atoms. The Morgan fingerprint density at radius 3 is 2.48 bits per heavy atom. The van der Waals surface area contributed by atoms with Gasteiger partial charge in [0.1, 0.15) is 6.10 Å². The number of aliphatic carboxylic acids is 2. The Kier molecular flexibility index (Phi) is 8.79. The van der Waals surface area contributed by atoms with Gasteiger partial charge in [0.25, 0.3) is 0 Å². The third kappa shape index (κ3) is 8.10. The number of nitro groups is 1. The Morgan fingerprint density at radius 1 is 1.43 bits per heavy atom. The Hall–Kier alpha value is -2.22. The highest BCUT2D eigenvalue weighted by molar-refractivity contribution is 5.90. The molecule has 130 valence electrons. The molecule has 0 bridgehead atoms. The number of carboxylic acid groups (broad SMARTS) is 2. The number of rotatable bonds is 7. The highest BCUT2D eigenvalue weighted by Crippen LogP contribution is 2.31. The zero-order valence-corrected chi connectivity index (χ0v) is 13.3. The fourth-order valence-corrected chi connectivity index (χ4v) is 1.89. The van der Waals surface area contributed by atoms with Crippen LogP contribution in [-0.4, -0.2) is 44.8 Å². The van der Waals surface area contributed by atoms with Gasteiger partial charge in [0, 0.05) is 10.5 Å². The van der Waals surface area contributed by atoms with Gasteiger partial charge in [0.05, 0.1) is 5.41 Å². The van der Waals surface area contributed by atoms with E-state index in [1.54, 1.807) is 0 Å². The lowest BCUT2D eigenvalue weighted by Gasteiger charge is -2.23. The minimum Gasteiger partial charge on any atom is -0.481 e. The van der Waals surface area contributed by atoms with Crippen LogP contribution in [0.5, 0.6) is 0 Å². The maximum absolute atomic E-state index is 10.8. The van der Waals surface area contributed by atoms with E-state index in [1.807, 2.05) is 6.92 Å². The zero-order chi connectivity index (χ0) is 18.0. The van der Waals surface area contributed by atoms with Crippen LogP contribution in [0.4, 0.5) is 0 Å². The number of carboxylic acids is 2. The first-order chi connectivity index (χ1) is 10.6. The Balaban J connectivity index is 0.000000438. The molecule has 0 saturated carbocycles. The minimum atomic E-state index is -1.08. The molecule has 0 aromatic rings. The molecule has 1 aliphatic carbocycles. The quantitative estimate of drug-likeness (QED) is 0.478. The van der Waals surface area contributed by atoms with Crippen molar-refractivity contribution in [2.45, 2.75) is 45.6 Å². The highest BCUT2D eigenvalue weighted by Gasteiger charge is 2.34. The maximum Gasteiger partial charge on any atom is 0.331 e. The predicted octanol–water partition coefficient (Wildman–Crippen LogP) is 1.86. The third-order valence-electron chi connectivity index (χ3n) is 3.33. The van der Waals surface area contributed by atoms with Crippen molar-refractivity contribution in [3.8, 4) is 0 Å². The number of hydrogen-bond acceptors (Lipinski definition) is 5. The molecular weight excluding hydrogens is 306 g/mol. The average Bonchev–Trinajstić information content (AvgIpc) is 2.45. The van der Waals surface area contributed by atoms with E-state index in [9.17, 15) is 19.7 Å². The lowest BCUT2D eigenvalue weighted by Crippen LogP contribution is -2.28. The van der Waals surface area contributed by atoms with E-state index in [0.717, 1.165) is 12.8 Å². The van der Waals surface area contributed by atoms with E-state index < -0.39 is 28.4 Å². The van der Waals surface area contributed by atoms with Crippen molar-refractivity contribution in [2.75, 3.05) is 6.54 Å². The summed E-state index contributed by atoms with van der Waals surface area (Å²) in [6.45, 7) is 3.17. The molecule has 8 nitrogen and oxygen atoms in total. The number of aliphatic hydroxyl groups excluding tert-OH is 1. The van der Waals surface area contributed by atoms with Gasteiger partial charge in [-0.2, -0.15) is 0 Å². The van der Waals surface area contributed by atoms with Crippen molar-refractivity contribution in [1.82, 2.24) is 0 Å². The maximum atomic E-state index is 10.8. The van der Waals surface area contributed by atoms with Gasteiger partial charge in [0.15, 0.2) is 0 Å². The fraction of sp³-hybridized carbons (Fsp3) is 0.600. The third-order valence-corrected chi connectivity index (χ3v) is 3.33. The lowest BCUT2D eigenvalue weighted by molar-refractivity contribution is -0.490. The largest absolute Gasteiger partial charge is 0.481 e. The second-order valence-corrected chi connectivity index (χ2v) is 5.57. The van der Waals surface area contributed by atoms with Crippen LogP contribution in [-0.2, 0) is 9.59 Å². The molecule has 23 heavy (non-hydrogen) atoms. The van der Waals surface area contributed by atoms with Crippen LogP contribution in [0.15, 0.2) is 23.8 Å². The monoisotopic (exact) mass is 329 g/mol. The summed E-state index contributed by atoms with van der Waals surface area (Å²) in [5.41, 5.74) is -0.949. The summed E-state index contributed by atoms with van der Waals surface area (Å²) in [6, 6.07) is 0. The van der Waals surface area contributed by atoms with Gasteiger partial charge in [0.2, 0.25) is 6.54 Å². The smallest absolute Gasteiger partial charge is 0.331 e. The summed E-state index contributed by atoms with van der Waals surface area (Å²) in [5.74, 6) is -2.06.